The lowest BCUT2D eigenvalue weighted by Gasteiger charge is -2.57. The average Bonchev–Trinajstić information content (AvgIpc) is 2.92. The van der Waals surface area contributed by atoms with Crippen LogP contribution in [0.4, 0.5) is 0 Å². The highest BCUT2D eigenvalue weighted by Gasteiger charge is 2.59. The van der Waals surface area contributed by atoms with Gasteiger partial charge in [-0.05, 0) is 74.2 Å². The van der Waals surface area contributed by atoms with Gasteiger partial charge in [0.25, 0.3) is 0 Å². The van der Waals surface area contributed by atoms with Crippen LogP contribution in [0.2, 0.25) is 0 Å². The van der Waals surface area contributed by atoms with Gasteiger partial charge in [-0.15, -0.1) is 0 Å². The second kappa shape index (κ2) is 5.96. The lowest BCUT2D eigenvalue weighted by Crippen LogP contribution is -2.51. The smallest absolute Gasteiger partial charge is 0.305 e. The topological polar surface area (TPSA) is 43.4 Å². The maximum absolute atomic E-state index is 11.9. The van der Waals surface area contributed by atoms with Gasteiger partial charge in [0.2, 0.25) is 0 Å². The molecule has 0 aromatic carbocycles. The van der Waals surface area contributed by atoms with E-state index in [4.69, 9.17) is 4.74 Å². The first kappa shape index (κ1) is 17.3. The Morgan fingerprint density at radius 3 is 2.68 bits per heavy atom. The zero-order chi connectivity index (χ0) is 17.8. The van der Waals surface area contributed by atoms with Crippen LogP contribution in [-0.2, 0) is 14.3 Å². The number of ketones is 1. The van der Waals surface area contributed by atoms with E-state index >= 15 is 0 Å². The minimum Gasteiger partial charge on any atom is -0.462 e. The highest BCUT2D eigenvalue weighted by molar-refractivity contribution is 5.91. The minimum atomic E-state index is -0.0411. The van der Waals surface area contributed by atoms with Crippen LogP contribution < -0.4 is 0 Å². The van der Waals surface area contributed by atoms with Gasteiger partial charge in [-0.2, -0.15) is 0 Å². The van der Waals surface area contributed by atoms with Crippen molar-refractivity contribution in [3.8, 4) is 0 Å². The number of carbonyl (C=O) groups excluding carboxylic acids is 2. The molecule has 0 aromatic heterocycles. The largest absolute Gasteiger partial charge is 0.462 e. The molecule has 0 spiro atoms. The van der Waals surface area contributed by atoms with Crippen molar-refractivity contribution in [1.29, 1.82) is 0 Å². The van der Waals surface area contributed by atoms with E-state index in [0.29, 0.717) is 24.0 Å². The number of fused-ring (bicyclic) bond motifs is 5. The van der Waals surface area contributed by atoms with Crippen molar-refractivity contribution < 1.29 is 14.3 Å². The summed E-state index contributed by atoms with van der Waals surface area (Å²) in [5.74, 6) is 2.41. The molecule has 0 radical (unpaired) electrons. The summed E-state index contributed by atoms with van der Waals surface area (Å²) in [6.45, 7) is 6.69. The van der Waals surface area contributed by atoms with Gasteiger partial charge in [-0.3, -0.25) is 9.59 Å². The van der Waals surface area contributed by atoms with Gasteiger partial charge in [0, 0.05) is 18.3 Å². The van der Waals surface area contributed by atoms with Crippen LogP contribution in [0.25, 0.3) is 0 Å². The van der Waals surface area contributed by atoms with E-state index in [1.165, 1.54) is 24.8 Å². The first-order valence-electron chi connectivity index (χ1n) is 10.3. The van der Waals surface area contributed by atoms with E-state index in [1.54, 1.807) is 0 Å². The quantitative estimate of drug-likeness (QED) is 0.673. The summed E-state index contributed by atoms with van der Waals surface area (Å²) in [5.41, 5.74) is 1.82. The van der Waals surface area contributed by atoms with E-state index in [0.717, 1.165) is 38.0 Å². The van der Waals surface area contributed by atoms with Crippen LogP contribution in [0.15, 0.2) is 11.6 Å². The lowest BCUT2D eigenvalue weighted by molar-refractivity contribution is -0.159. The van der Waals surface area contributed by atoms with E-state index in [1.807, 2.05) is 13.0 Å². The molecule has 0 bridgehead atoms. The third-order valence-electron chi connectivity index (χ3n) is 8.44. The van der Waals surface area contributed by atoms with Gasteiger partial charge in [-0.1, -0.05) is 26.3 Å². The van der Waals surface area contributed by atoms with Crippen LogP contribution in [0.5, 0.6) is 0 Å². The number of allylic oxidation sites excluding steroid dienone is 1. The molecule has 0 amide bonds. The summed E-state index contributed by atoms with van der Waals surface area (Å²) < 4.78 is 5.86. The predicted octanol–water partition coefficient (Wildman–Crippen LogP) is 4.84. The molecule has 3 saturated carbocycles. The van der Waals surface area contributed by atoms with Crippen molar-refractivity contribution in [2.75, 3.05) is 0 Å². The number of carbonyl (C=O) groups is 2. The Morgan fingerprint density at radius 1 is 1.12 bits per heavy atom. The summed E-state index contributed by atoms with van der Waals surface area (Å²) >= 11 is 0. The fraction of sp³-hybridized carbons (Fsp3) is 0.818. The lowest BCUT2D eigenvalue weighted by atomic mass is 9.47. The van der Waals surface area contributed by atoms with Gasteiger partial charge < -0.3 is 4.74 Å². The highest BCUT2D eigenvalue weighted by atomic mass is 16.5. The molecule has 4 aliphatic carbocycles. The molecule has 25 heavy (non-hydrogen) atoms. The van der Waals surface area contributed by atoms with E-state index in [-0.39, 0.29) is 22.9 Å². The monoisotopic (exact) mass is 344 g/mol. The van der Waals surface area contributed by atoms with Crippen molar-refractivity contribution >= 4 is 11.8 Å². The summed E-state index contributed by atoms with van der Waals surface area (Å²) in [6, 6.07) is 0. The number of ether oxygens (including phenoxy) is 1. The molecular weight excluding hydrogens is 312 g/mol. The Morgan fingerprint density at radius 2 is 1.92 bits per heavy atom. The molecule has 3 heteroatoms. The second-order valence-electron chi connectivity index (χ2n) is 9.42. The summed E-state index contributed by atoms with van der Waals surface area (Å²) in [4.78, 5) is 23.8. The number of esters is 1. The van der Waals surface area contributed by atoms with Crippen LogP contribution in [-0.4, -0.2) is 17.9 Å². The highest BCUT2D eigenvalue weighted by Crippen LogP contribution is 2.65. The Kier molecular flexibility index (Phi) is 4.12. The first-order valence-corrected chi connectivity index (χ1v) is 10.3. The van der Waals surface area contributed by atoms with Crippen molar-refractivity contribution in [2.45, 2.75) is 84.7 Å². The third-order valence-corrected chi connectivity index (χ3v) is 8.44. The SMILES string of the molecule is CCC(=O)O[C@H]1CCC2C3CCC4=CC(=O)CCC4(C)C3CC[C@@]21C. The molecule has 3 nitrogen and oxygen atoms in total. The van der Waals surface area contributed by atoms with Gasteiger partial charge >= 0.3 is 5.97 Å². The van der Waals surface area contributed by atoms with Crippen molar-refractivity contribution in [3.63, 3.8) is 0 Å². The van der Waals surface area contributed by atoms with Crippen LogP contribution in [0.3, 0.4) is 0 Å². The third kappa shape index (κ3) is 2.52. The fourth-order valence-corrected chi connectivity index (χ4v) is 6.95. The fourth-order valence-electron chi connectivity index (χ4n) is 6.95. The number of hydrogen-bond donors (Lipinski definition) is 0. The van der Waals surface area contributed by atoms with Gasteiger partial charge in [0.05, 0.1) is 0 Å². The van der Waals surface area contributed by atoms with E-state index < -0.39 is 0 Å². The van der Waals surface area contributed by atoms with Crippen LogP contribution in [0, 0.1) is 28.6 Å². The van der Waals surface area contributed by atoms with E-state index in [2.05, 4.69) is 13.8 Å². The van der Waals surface area contributed by atoms with E-state index in [9.17, 15) is 9.59 Å². The number of rotatable bonds is 2. The molecule has 6 atom stereocenters. The summed E-state index contributed by atoms with van der Waals surface area (Å²) in [6.07, 6.45) is 11.3. The predicted molar refractivity (Wildman–Crippen MR) is 96.9 cm³/mol. The van der Waals surface area contributed by atoms with Crippen LogP contribution >= 0.6 is 0 Å². The molecule has 3 fully saturated rings. The Bertz CT molecular complexity index is 621. The molecule has 4 aliphatic rings. The molecule has 138 valence electrons. The van der Waals surface area contributed by atoms with Gasteiger partial charge in [0.1, 0.15) is 6.10 Å². The maximum Gasteiger partial charge on any atom is 0.305 e. The molecule has 0 saturated heterocycles. The van der Waals surface area contributed by atoms with Crippen molar-refractivity contribution in [2.24, 2.45) is 28.6 Å². The zero-order valence-electron chi connectivity index (χ0n) is 16.0. The molecule has 0 aromatic rings. The van der Waals surface area contributed by atoms with Gasteiger partial charge in [-0.25, -0.2) is 0 Å². The Balaban J connectivity index is 1.59. The molecule has 0 N–H and O–H groups in total. The normalized spacial score (nSPS) is 45.9. The van der Waals surface area contributed by atoms with Crippen molar-refractivity contribution in [1.82, 2.24) is 0 Å². The van der Waals surface area contributed by atoms with Crippen molar-refractivity contribution in [3.05, 3.63) is 11.6 Å². The zero-order valence-corrected chi connectivity index (χ0v) is 16.0. The summed E-state index contributed by atoms with van der Waals surface area (Å²) in [7, 11) is 0. The first-order chi connectivity index (χ1) is 11.9. The second-order valence-corrected chi connectivity index (χ2v) is 9.42. The van der Waals surface area contributed by atoms with Gasteiger partial charge in [0.15, 0.2) is 5.78 Å². The van der Waals surface area contributed by atoms with Crippen LogP contribution in [0.1, 0.15) is 78.6 Å². The Hall–Kier alpha value is -1.12. The molecule has 4 unspecified atom stereocenters. The molecule has 0 heterocycles. The molecule has 4 rings (SSSR count). The maximum atomic E-state index is 11.9. The molecular formula is C22H32O3. The summed E-state index contributed by atoms with van der Waals surface area (Å²) in [5, 5.41) is 0. The average molecular weight is 344 g/mol. The number of hydrogen-bond acceptors (Lipinski definition) is 3. The Labute approximate surface area is 151 Å². The molecule has 0 aliphatic heterocycles. The minimum absolute atomic E-state index is 0.0411. The standard InChI is InChI=1S/C22H32O3/c1-4-20(24)25-19-8-7-17-16-6-5-14-13-15(23)9-11-21(14,2)18(16)10-12-22(17,19)3/h13,16-19H,4-12H2,1-3H3/t16?,17?,18?,19-,21?,22-/m0/s1.